The summed E-state index contributed by atoms with van der Waals surface area (Å²) in [5.74, 6) is 0.401. The first-order valence-corrected chi connectivity index (χ1v) is 9.97. The van der Waals surface area contributed by atoms with Gasteiger partial charge in [0.2, 0.25) is 0 Å². The van der Waals surface area contributed by atoms with Gasteiger partial charge < -0.3 is 15.0 Å². The van der Waals surface area contributed by atoms with Crippen LogP contribution in [0.4, 0.5) is 5.69 Å². The number of carbonyl (C=O) groups is 1. The fourth-order valence-electron chi connectivity index (χ4n) is 3.57. The number of hydrogen-bond donors (Lipinski definition) is 1. The third-order valence-corrected chi connectivity index (χ3v) is 5.47. The highest BCUT2D eigenvalue weighted by Crippen LogP contribution is 2.32. The Morgan fingerprint density at radius 3 is 2.50 bits per heavy atom. The van der Waals surface area contributed by atoms with Gasteiger partial charge in [-0.15, -0.1) is 0 Å². The molecule has 5 nitrogen and oxygen atoms in total. The summed E-state index contributed by atoms with van der Waals surface area (Å²) < 4.78 is 5.43. The van der Waals surface area contributed by atoms with E-state index in [-0.39, 0.29) is 11.9 Å². The largest absolute Gasteiger partial charge is 0.496 e. The van der Waals surface area contributed by atoms with Crippen LogP contribution in [0.15, 0.2) is 42.5 Å². The molecule has 150 valence electrons. The number of amides is 1. The number of methoxy groups -OCH3 is 1. The predicted molar refractivity (Wildman–Crippen MR) is 115 cm³/mol. The SMILES string of the molecule is COc1cc(N(C)C)c(Cl)cc1C(=O)NC1CCN(Cc2ccccc2)CC1. The lowest BCUT2D eigenvalue weighted by Gasteiger charge is -2.32. The molecule has 0 radical (unpaired) electrons. The maximum absolute atomic E-state index is 12.8. The molecule has 28 heavy (non-hydrogen) atoms. The number of benzene rings is 2. The van der Waals surface area contributed by atoms with Crippen LogP contribution < -0.4 is 15.0 Å². The van der Waals surface area contributed by atoms with Crippen molar-refractivity contribution >= 4 is 23.2 Å². The van der Waals surface area contributed by atoms with E-state index in [2.05, 4.69) is 34.5 Å². The van der Waals surface area contributed by atoms with E-state index in [1.807, 2.05) is 25.1 Å². The fourth-order valence-corrected chi connectivity index (χ4v) is 3.90. The van der Waals surface area contributed by atoms with E-state index in [9.17, 15) is 4.79 Å². The molecule has 1 heterocycles. The second-order valence-corrected chi connectivity index (χ2v) is 7.82. The molecule has 0 bridgehead atoms. The number of likely N-dealkylation sites (tertiary alicyclic amines) is 1. The highest BCUT2D eigenvalue weighted by molar-refractivity contribution is 6.33. The van der Waals surface area contributed by atoms with Crippen LogP contribution >= 0.6 is 11.6 Å². The van der Waals surface area contributed by atoms with Gasteiger partial charge in [0.25, 0.3) is 5.91 Å². The van der Waals surface area contributed by atoms with Crippen molar-refractivity contribution in [2.75, 3.05) is 39.2 Å². The third-order valence-electron chi connectivity index (χ3n) is 5.17. The molecule has 0 atom stereocenters. The molecule has 0 aliphatic carbocycles. The van der Waals surface area contributed by atoms with Gasteiger partial charge in [-0.25, -0.2) is 0 Å². The van der Waals surface area contributed by atoms with Crippen molar-refractivity contribution in [2.24, 2.45) is 0 Å². The van der Waals surface area contributed by atoms with Crippen molar-refractivity contribution in [1.29, 1.82) is 0 Å². The van der Waals surface area contributed by atoms with E-state index in [1.165, 1.54) is 5.56 Å². The predicted octanol–water partition coefficient (Wildman–Crippen LogP) is 3.81. The molecule has 1 aliphatic heterocycles. The molecular weight excluding hydrogens is 374 g/mol. The van der Waals surface area contributed by atoms with Gasteiger partial charge in [-0.05, 0) is 24.5 Å². The maximum atomic E-state index is 12.8. The lowest BCUT2D eigenvalue weighted by molar-refractivity contribution is 0.0906. The van der Waals surface area contributed by atoms with Gasteiger partial charge in [0.05, 0.1) is 23.4 Å². The quantitative estimate of drug-likeness (QED) is 0.799. The zero-order valence-electron chi connectivity index (χ0n) is 16.7. The molecule has 1 fully saturated rings. The molecule has 0 unspecified atom stereocenters. The van der Waals surface area contributed by atoms with Crippen molar-refractivity contribution in [3.63, 3.8) is 0 Å². The number of halogens is 1. The van der Waals surface area contributed by atoms with Gasteiger partial charge in [0, 0.05) is 45.8 Å². The molecule has 0 saturated carbocycles. The van der Waals surface area contributed by atoms with E-state index < -0.39 is 0 Å². The Bertz CT molecular complexity index is 803. The summed E-state index contributed by atoms with van der Waals surface area (Å²) in [5.41, 5.74) is 2.62. The molecular formula is C22H28ClN3O2. The molecule has 1 amide bonds. The van der Waals surface area contributed by atoms with Crippen LogP contribution in [0.2, 0.25) is 5.02 Å². The summed E-state index contributed by atoms with van der Waals surface area (Å²) in [5, 5.41) is 3.69. The van der Waals surface area contributed by atoms with Crippen molar-refractivity contribution in [1.82, 2.24) is 10.2 Å². The topological polar surface area (TPSA) is 44.8 Å². The first-order chi connectivity index (χ1) is 13.5. The van der Waals surface area contributed by atoms with E-state index in [0.717, 1.165) is 38.2 Å². The smallest absolute Gasteiger partial charge is 0.255 e. The van der Waals surface area contributed by atoms with Crippen LogP contribution in [0.1, 0.15) is 28.8 Å². The van der Waals surface area contributed by atoms with Crippen LogP contribution in [0, 0.1) is 0 Å². The number of nitrogens with zero attached hydrogens (tertiary/aromatic N) is 2. The Labute approximate surface area is 172 Å². The Morgan fingerprint density at radius 2 is 1.89 bits per heavy atom. The van der Waals surface area contributed by atoms with E-state index in [1.54, 1.807) is 19.2 Å². The van der Waals surface area contributed by atoms with Gasteiger partial charge in [-0.3, -0.25) is 9.69 Å². The highest BCUT2D eigenvalue weighted by atomic mass is 35.5. The summed E-state index contributed by atoms with van der Waals surface area (Å²) in [6, 6.07) is 14.1. The van der Waals surface area contributed by atoms with Gasteiger partial charge in [-0.1, -0.05) is 41.9 Å². The van der Waals surface area contributed by atoms with Crippen LogP contribution in [-0.4, -0.2) is 51.1 Å². The molecule has 2 aromatic carbocycles. The van der Waals surface area contributed by atoms with Crippen LogP contribution in [0.3, 0.4) is 0 Å². The number of anilines is 1. The van der Waals surface area contributed by atoms with Crippen molar-refractivity contribution in [3.05, 3.63) is 58.6 Å². The maximum Gasteiger partial charge on any atom is 0.255 e. The lowest BCUT2D eigenvalue weighted by Crippen LogP contribution is -2.44. The highest BCUT2D eigenvalue weighted by Gasteiger charge is 2.23. The zero-order valence-corrected chi connectivity index (χ0v) is 17.5. The average molecular weight is 402 g/mol. The Kier molecular flexibility index (Phi) is 6.81. The van der Waals surface area contributed by atoms with Crippen molar-refractivity contribution in [2.45, 2.75) is 25.4 Å². The van der Waals surface area contributed by atoms with E-state index in [0.29, 0.717) is 16.3 Å². The first-order valence-electron chi connectivity index (χ1n) is 9.60. The average Bonchev–Trinajstić information content (AvgIpc) is 2.69. The third kappa shape index (κ3) is 4.97. The fraction of sp³-hybridized carbons (Fsp3) is 0.409. The number of rotatable bonds is 6. The van der Waals surface area contributed by atoms with Crippen LogP contribution in [0.5, 0.6) is 5.75 Å². The molecule has 1 aliphatic rings. The molecule has 3 rings (SSSR count). The second-order valence-electron chi connectivity index (χ2n) is 7.41. The number of carbonyl (C=O) groups excluding carboxylic acids is 1. The standard InChI is InChI=1S/C22H28ClN3O2/c1-25(2)20-14-21(28-3)18(13-19(20)23)22(27)24-17-9-11-26(12-10-17)15-16-7-5-4-6-8-16/h4-8,13-14,17H,9-12,15H2,1-3H3,(H,24,27). The van der Waals surface area contributed by atoms with Gasteiger partial charge in [0.15, 0.2) is 0 Å². The van der Waals surface area contributed by atoms with Gasteiger partial charge in [0.1, 0.15) is 5.75 Å². The van der Waals surface area contributed by atoms with Crippen molar-refractivity contribution in [3.8, 4) is 5.75 Å². The van der Waals surface area contributed by atoms with Crippen molar-refractivity contribution < 1.29 is 9.53 Å². The van der Waals surface area contributed by atoms with Gasteiger partial charge in [-0.2, -0.15) is 0 Å². The van der Waals surface area contributed by atoms with E-state index in [4.69, 9.17) is 16.3 Å². The summed E-state index contributed by atoms with van der Waals surface area (Å²) in [7, 11) is 5.38. The molecule has 2 aromatic rings. The summed E-state index contributed by atoms with van der Waals surface area (Å²) in [4.78, 5) is 17.2. The molecule has 6 heteroatoms. The Morgan fingerprint density at radius 1 is 1.21 bits per heavy atom. The molecule has 1 N–H and O–H groups in total. The number of nitrogens with one attached hydrogen (secondary N) is 1. The zero-order chi connectivity index (χ0) is 20.1. The first kappa shape index (κ1) is 20.5. The van der Waals surface area contributed by atoms with Crippen LogP contribution in [-0.2, 0) is 6.54 Å². The second kappa shape index (κ2) is 9.30. The molecule has 0 spiro atoms. The van der Waals surface area contributed by atoms with Gasteiger partial charge >= 0.3 is 0 Å². The summed E-state index contributed by atoms with van der Waals surface area (Å²) in [6.07, 6.45) is 1.87. The lowest BCUT2D eigenvalue weighted by atomic mass is 10.0. The molecule has 0 aromatic heterocycles. The Balaban J connectivity index is 1.59. The summed E-state index contributed by atoms with van der Waals surface area (Å²) in [6.45, 7) is 2.89. The number of piperidine rings is 1. The minimum absolute atomic E-state index is 0.134. The number of ether oxygens (including phenoxy) is 1. The monoisotopic (exact) mass is 401 g/mol. The summed E-state index contributed by atoms with van der Waals surface area (Å²) >= 11 is 6.35. The Hall–Kier alpha value is -2.24. The van der Waals surface area contributed by atoms with Crippen LogP contribution in [0.25, 0.3) is 0 Å². The normalized spacial score (nSPS) is 15.3. The number of hydrogen-bond acceptors (Lipinski definition) is 4. The minimum Gasteiger partial charge on any atom is -0.496 e. The minimum atomic E-state index is -0.134. The molecule has 1 saturated heterocycles. The van der Waals surface area contributed by atoms with E-state index >= 15 is 0 Å².